The second-order valence-corrected chi connectivity index (χ2v) is 11.6. The average molecular weight is 450 g/mol. The predicted molar refractivity (Wildman–Crippen MR) is 146 cm³/mol. The summed E-state index contributed by atoms with van der Waals surface area (Å²) in [6, 6.07) is 0.467. The number of unbranched alkanes of at least 4 members (excludes halogenated alkanes) is 16. The zero-order valence-corrected chi connectivity index (χ0v) is 22.9. The number of hydrogen-bond donors (Lipinski definition) is 1. The average Bonchev–Trinajstić information content (AvgIpc) is 3.57. The van der Waals surface area contributed by atoms with Crippen LogP contribution in [0.25, 0.3) is 0 Å². The van der Waals surface area contributed by atoms with Crippen LogP contribution in [0, 0.1) is 17.8 Å². The van der Waals surface area contributed by atoms with E-state index < -0.39 is 0 Å². The van der Waals surface area contributed by atoms with E-state index in [4.69, 9.17) is 5.73 Å². The highest BCUT2D eigenvalue weighted by molar-refractivity contribution is 4.89. The van der Waals surface area contributed by atoms with Crippen molar-refractivity contribution in [1.29, 1.82) is 0 Å². The summed E-state index contributed by atoms with van der Waals surface area (Å²) in [5.41, 5.74) is 6.33. The molecule has 0 aromatic carbocycles. The van der Waals surface area contributed by atoms with Crippen LogP contribution in [0.2, 0.25) is 0 Å². The van der Waals surface area contributed by atoms with Crippen molar-refractivity contribution in [3.05, 3.63) is 0 Å². The van der Waals surface area contributed by atoms with Crippen LogP contribution in [0.5, 0.6) is 0 Å². The molecule has 1 rings (SSSR count). The van der Waals surface area contributed by atoms with Crippen molar-refractivity contribution in [3.8, 4) is 0 Å². The molecule has 1 heteroatoms. The molecule has 0 aliphatic heterocycles. The largest absolute Gasteiger partial charge is 0.328 e. The van der Waals surface area contributed by atoms with Gasteiger partial charge in [-0.1, -0.05) is 156 Å². The van der Waals surface area contributed by atoms with Crippen molar-refractivity contribution in [3.63, 3.8) is 0 Å². The molecule has 2 unspecified atom stereocenters. The molecular weight excluding hydrogens is 386 g/mol. The van der Waals surface area contributed by atoms with Crippen molar-refractivity contribution >= 4 is 0 Å². The molecule has 0 heterocycles. The third kappa shape index (κ3) is 17.4. The Morgan fingerprint density at radius 2 is 0.969 bits per heavy atom. The van der Waals surface area contributed by atoms with Crippen molar-refractivity contribution in [2.75, 3.05) is 0 Å². The first-order valence-corrected chi connectivity index (χ1v) is 15.4. The van der Waals surface area contributed by atoms with Crippen LogP contribution >= 0.6 is 0 Å². The third-order valence-electron chi connectivity index (χ3n) is 8.30. The number of rotatable bonds is 25. The highest BCUT2D eigenvalue weighted by Gasteiger charge is 2.39. The summed E-state index contributed by atoms with van der Waals surface area (Å²) in [5, 5.41) is 0. The molecule has 0 radical (unpaired) electrons. The fourth-order valence-electron chi connectivity index (χ4n) is 5.79. The molecule has 1 saturated carbocycles. The van der Waals surface area contributed by atoms with Gasteiger partial charge in [-0.3, -0.25) is 0 Å². The standard InChI is InChI=1S/C31H63N/c1-4-6-8-10-12-17-21-25-30(32)26-22-18-14-13-15-19-23-28(3)31-27-29(31)24-20-16-11-9-7-5-2/h28-31H,4-27,32H2,1-3H3/t28?,29-,30?,31+/m1/s1. The summed E-state index contributed by atoms with van der Waals surface area (Å²) in [5.74, 6) is 3.18. The highest BCUT2D eigenvalue weighted by atomic mass is 14.6. The first kappa shape index (κ1) is 30.0. The molecule has 192 valence electrons. The van der Waals surface area contributed by atoms with E-state index in [1.54, 1.807) is 6.42 Å². The summed E-state index contributed by atoms with van der Waals surface area (Å²) in [4.78, 5) is 0. The number of hydrogen-bond acceptors (Lipinski definition) is 1. The van der Waals surface area contributed by atoms with Crippen LogP contribution in [-0.4, -0.2) is 6.04 Å². The van der Waals surface area contributed by atoms with E-state index in [1.807, 2.05) is 0 Å². The van der Waals surface area contributed by atoms with Crippen molar-refractivity contribution in [2.45, 2.75) is 181 Å². The molecule has 0 bridgehead atoms. The van der Waals surface area contributed by atoms with Crippen LogP contribution in [0.4, 0.5) is 0 Å². The molecule has 2 N–H and O–H groups in total. The van der Waals surface area contributed by atoms with Gasteiger partial charge in [0.1, 0.15) is 0 Å². The van der Waals surface area contributed by atoms with E-state index in [0.29, 0.717) is 6.04 Å². The van der Waals surface area contributed by atoms with Gasteiger partial charge >= 0.3 is 0 Å². The molecule has 1 aliphatic rings. The minimum absolute atomic E-state index is 0.467. The molecule has 4 atom stereocenters. The molecule has 0 aromatic rings. The minimum Gasteiger partial charge on any atom is -0.328 e. The van der Waals surface area contributed by atoms with Crippen LogP contribution in [0.1, 0.15) is 175 Å². The van der Waals surface area contributed by atoms with E-state index in [2.05, 4.69) is 20.8 Å². The van der Waals surface area contributed by atoms with Crippen LogP contribution in [0.3, 0.4) is 0 Å². The van der Waals surface area contributed by atoms with E-state index in [0.717, 1.165) is 17.8 Å². The number of nitrogens with two attached hydrogens (primary N) is 1. The second-order valence-electron chi connectivity index (χ2n) is 11.6. The van der Waals surface area contributed by atoms with Crippen molar-refractivity contribution < 1.29 is 0 Å². The second kappa shape index (κ2) is 21.5. The maximum absolute atomic E-state index is 6.33. The Hall–Kier alpha value is -0.0400. The minimum atomic E-state index is 0.467. The maximum Gasteiger partial charge on any atom is 0.00388 e. The molecule has 1 aliphatic carbocycles. The summed E-state index contributed by atoms with van der Waals surface area (Å²) < 4.78 is 0. The smallest absolute Gasteiger partial charge is 0.00388 e. The predicted octanol–water partition coefficient (Wildman–Crippen LogP) is 10.6. The van der Waals surface area contributed by atoms with E-state index in [-0.39, 0.29) is 0 Å². The summed E-state index contributed by atoms with van der Waals surface area (Å²) in [7, 11) is 0. The van der Waals surface area contributed by atoms with E-state index in [1.165, 1.54) is 148 Å². The maximum atomic E-state index is 6.33. The van der Waals surface area contributed by atoms with Gasteiger partial charge in [0, 0.05) is 6.04 Å². The Morgan fingerprint density at radius 3 is 1.47 bits per heavy atom. The zero-order valence-electron chi connectivity index (χ0n) is 22.9. The lowest BCUT2D eigenvalue weighted by atomic mass is 9.95. The molecular formula is C31H63N. The first-order chi connectivity index (χ1) is 15.7. The molecule has 0 saturated heterocycles. The molecule has 0 spiro atoms. The lowest BCUT2D eigenvalue weighted by Gasteiger charge is -2.12. The molecule has 32 heavy (non-hydrogen) atoms. The third-order valence-corrected chi connectivity index (χ3v) is 8.30. The van der Waals surface area contributed by atoms with Gasteiger partial charge in [0.05, 0.1) is 0 Å². The van der Waals surface area contributed by atoms with Crippen LogP contribution < -0.4 is 5.73 Å². The molecule has 1 nitrogen and oxygen atoms in total. The van der Waals surface area contributed by atoms with Crippen molar-refractivity contribution in [1.82, 2.24) is 0 Å². The van der Waals surface area contributed by atoms with Crippen LogP contribution in [-0.2, 0) is 0 Å². The summed E-state index contributed by atoms with van der Waals surface area (Å²) in [6.45, 7) is 7.14. The van der Waals surface area contributed by atoms with Gasteiger partial charge in [-0.2, -0.15) is 0 Å². The Morgan fingerprint density at radius 1 is 0.562 bits per heavy atom. The highest BCUT2D eigenvalue weighted by Crippen LogP contribution is 2.48. The normalized spacial score (nSPS) is 19.9. The van der Waals surface area contributed by atoms with Gasteiger partial charge in [-0.25, -0.2) is 0 Å². The lowest BCUT2D eigenvalue weighted by molar-refractivity contribution is 0.405. The van der Waals surface area contributed by atoms with Gasteiger partial charge in [0.15, 0.2) is 0 Å². The fourth-order valence-corrected chi connectivity index (χ4v) is 5.79. The Balaban J connectivity index is 1.80. The fraction of sp³-hybridized carbons (Fsp3) is 1.00. The van der Waals surface area contributed by atoms with Crippen LogP contribution in [0.15, 0.2) is 0 Å². The topological polar surface area (TPSA) is 26.0 Å². The van der Waals surface area contributed by atoms with Gasteiger partial charge in [-0.05, 0) is 37.0 Å². The van der Waals surface area contributed by atoms with Gasteiger partial charge in [0.2, 0.25) is 0 Å². The Bertz CT molecular complexity index is 379. The van der Waals surface area contributed by atoms with Crippen molar-refractivity contribution in [2.24, 2.45) is 23.5 Å². The zero-order chi connectivity index (χ0) is 23.3. The van der Waals surface area contributed by atoms with Gasteiger partial charge in [0.25, 0.3) is 0 Å². The Labute approximate surface area is 204 Å². The quantitative estimate of drug-likeness (QED) is 0.138. The SMILES string of the molecule is CCCCCCCCCC(N)CCCCCCCCC(C)[C@@H]1C[C@H]1CCCCCCCC. The molecule has 0 amide bonds. The summed E-state index contributed by atoms with van der Waals surface area (Å²) in [6.07, 6.45) is 34.2. The van der Waals surface area contributed by atoms with E-state index in [9.17, 15) is 0 Å². The molecule has 0 aromatic heterocycles. The monoisotopic (exact) mass is 449 g/mol. The lowest BCUT2D eigenvalue weighted by Crippen LogP contribution is -2.19. The first-order valence-electron chi connectivity index (χ1n) is 15.4. The van der Waals surface area contributed by atoms with Gasteiger partial charge in [-0.15, -0.1) is 0 Å². The van der Waals surface area contributed by atoms with Gasteiger partial charge < -0.3 is 5.73 Å². The Kier molecular flexibility index (Phi) is 20.1. The van der Waals surface area contributed by atoms with E-state index >= 15 is 0 Å². The molecule has 1 fully saturated rings. The summed E-state index contributed by atoms with van der Waals surface area (Å²) >= 11 is 0.